The molecule has 0 amide bonds. The molecule has 0 radical (unpaired) electrons. The fourth-order valence-corrected chi connectivity index (χ4v) is 2.71. The fraction of sp³-hybridized carbons (Fsp3) is 0.688. The van der Waals surface area contributed by atoms with Crippen LogP contribution in [0, 0.1) is 5.92 Å². The number of nitrogens with zero attached hydrogens (tertiary/aromatic N) is 2. The Morgan fingerprint density at radius 3 is 2.65 bits per heavy atom. The molecule has 1 aromatic heterocycles. The van der Waals surface area contributed by atoms with E-state index in [2.05, 4.69) is 35.1 Å². The maximum Gasteiger partial charge on any atom is 0.212 e. The van der Waals surface area contributed by atoms with Crippen molar-refractivity contribution in [1.82, 2.24) is 15.2 Å². The lowest BCUT2D eigenvalue weighted by atomic mass is 9.97. The molecule has 1 saturated heterocycles. The van der Waals surface area contributed by atoms with Crippen molar-refractivity contribution in [1.29, 1.82) is 0 Å². The first-order valence-corrected chi connectivity index (χ1v) is 7.62. The molecular formula is C16H27N3O. The summed E-state index contributed by atoms with van der Waals surface area (Å²) in [5, 5.41) is 3.44. The molecule has 4 nitrogen and oxygen atoms in total. The van der Waals surface area contributed by atoms with E-state index in [-0.39, 0.29) is 0 Å². The van der Waals surface area contributed by atoms with Crippen LogP contribution in [0.1, 0.15) is 32.3 Å². The lowest BCUT2D eigenvalue weighted by molar-refractivity contribution is 0.161. The van der Waals surface area contributed by atoms with Crippen LogP contribution in [0.2, 0.25) is 0 Å². The van der Waals surface area contributed by atoms with Gasteiger partial charge in [-0.25, -0.2) is 4.98 Å². The van der Waals surface area contributed by atoms with Gasteiger partial charge in [0, 0.05) is 31.4 Å². The van der Waals surface area contributed by atoms with E-state index in [1.807, 2.05) is 12.3 Å². The van der Waals surface area contributed by atoms with Gasteiger partial charge in [-0.15, -0.1) is 0 Å². The molecule has 2 rings (SSSR count). The third-order valence-corrected chi connectivity index (χ3v) is 4.07. The molecule has 1 aliphatic rings. The Bertz CT molecular complexity index is 385. The molecule has 0 saturated carbocycles. The number of methoxy groups -OCH3 is 1. The van der Waals surface area contributed by atoms with Crippen molar-refractivity contribution in [2.24, 2.45) is 5.92 Å². The molecule has 4 heteroatoms. The van der Waals surface area contributed by atoms with E-state index < -0.39 is 0 Å². The maximum atomic E-state index is 5.11. The average Bonchev–Trinajstić information content (AvgIpc) is 2.48. The van der Waals surface area contributed by atoms with E-state index in [9.17, 15) is 0 Å². The van der Waals surface area contributed by atoms with E-state index >= 15 is 0 Å². The molecule has 1 aliphatic heterocycles. The van der Waals surface area contributed by atoms with Gasteiger partial charge in [0.15, 0.2) is 0 Å². The molecule has 112 valence electrons. The standard InChI is InChI=1S/C16H27N3O/c1-13(2)19(11-14-6-8-17-9-7-14)12-15-4-5-16(20-3)18-10-15/h4-5,10,13-14,17H,6-9,11-12H2,1-3H3. The summed E-state index contributed by atoms with van der Waals surface area (Å²) in [4.78, 5) is 6.85. The number of pyridine rings is 1. The van der Waals surface area contributed by atoms with Crippen molar-refractivity contribution in [2.75, 3.05) is 26.7 Å². The predicted molar refractivity (Wildman–Crippen MR) is 81.9 cm³/mol. The zero-order valence-electron chi connectivity index (χ0n) is 12.9. The molecule has 2 heterocycles. The van der Waals surface area contributed by atoms with Crippen LogP contribution in [-0.4, -0.2) is 42.7 Å². The van der Waals surface area contributed by atoms with Crippen LogP contribution in [0.5, 0.6) is 5.88 Å². The van der Waals surface area contributed by atoms with Gasteiger partial charge in [0.2, 0.25) is 5.88 Å². The molecule has 0 unspecified atom stereocenters. The lowest BCUT2D eigenvalue weighted by Gasteiger charge is -2.32. The minimum Gasteiger partial charge on any atom is -0.481 e. The third-order valence-electron chi connectivity index (χ3n) is 4.07. The number of hydrogen-bond donors (Lipinski definition) is 1. The highest BCUT2D eigenvalue weighted by Crippen LogP contribution is 2.17. The van der Waals surface area contributed by atoms with Crippen molar-refractivity contribution in [3.8, 4) is 5.88 Å². The molecule has 20 heavy (non-hydrogen) atoms. The van der Waals surface area contributed by atoms with Crippen molar-refractivity contribution < 1.29 is 4.74 Å². The van der Waals surface area contributed by atoms with Gasteiger partial charge < -0.3 is 10.1 Å². The summed E-state index contributed by atoms with van der Waals surface area (Å²) in [6.45, 7) is 9.04. The Morgan fingerprint density at radius 1 is 1.35 bits per heavy atom. The second-order valence-electron chi connectivity index (χ2n) is 5.93. The number of aromatic nitrogens is 1. The van der Waals surface area contributed by atoms with Gasteiger partial charge in [-0.3, -0.25) is 4.90 Å². The van der Waals surface area contributed by atoms with Gasteiger partial charge in [0.25, 0.3) is 0 Å². The van der Waals surface area contributed by atoms with E-state index in [1.165, 1.54) is 38.0 Å². The van der Waals surface area contributed by atoms with Crippen molar-refractivity contribution in [3.05, 3.63) is 23.9 Å². The minimum absolute atomic E-state index is 0.562. The van der Waals surface area contributed by atoms with E-state index in [0.29, 0.717) is 11.9 Å². The van der Waals surface area contributed by atoms with Crippen LogP contribution in [-0.2, 0) is 6.54 Å². The Labute approximate surface area is 122 Å². The first-order valence-electron chi connectivity index (χ1n) is 7.62. The quantitative estimate of drug-likeness (QED) is 0.866. The zero-order chi connectivity index (χ0) is 14.4. The SMILES string of the molecule is COc1ccc(CN(CC2CCNCC2)C(C)C)cn1. The van der Waals surface area contributed by atoms with Crippen molar-refractivity contribution in [2.45, 2.75) is 39.3 Å². The summed E-state index contributed by atoms with van der Waals surface area (Å²) >= 11 is 0. The zero-order valence-corrected chi connectivity index (χ0v) is 12.9. The highest BCUT2D eigenvalue weighted by Gasteiger charge is 2.19. The van der Waals surface area contributed by atoms with Gasteiger partial charge in [-0.05, 0) is 51.3 Å². The van der Waals surface area contributed by atoms with Crippen LogP contribution in [0.15, 0.2) is 18.3 Å². The van der Waals surface area contributed by atoms with Crippen LogP contribution in [0.25, 0.3) is 0 Å². The highest BCUT2D eigenvalue weighted by atomic mass is 16.5. The molecule has 1 N–H and O–H groups in total. The third kappa shape index (κ3) is 4.46. The molecule has 0 aromatic carbocycles. The van der Waals surface area contributed by atoms with Crippen LogP contribution >= 0.6 is 0 Å². The van der Waals surface area contributed by atoms with Crippen LogP contribution in [0.3, 0.4) is 0 Å². The largest absolute Gasteiger partial charge is 0.481 e. The first-order chi connectivity index (χ1) is 9.69. The minimum atomic E-state index is 0.562. The van der Waals surface area contributed by atoms with Gasteiger partial charge in [0.05, 0.1) is 7.11 Å². The highest BCUT2D eigenvalue weighted by molar-refractivity contribution is 5.17. The number of nitrogens with one attached hydrogen (secondary N) is 1. The van der Waals surface area contributed by atoms with E-state index in [4.69, 9.17) is 4.74 Å². The summed E-state index contributed by atoms with van der Waals surface area (Å²) in [6.07, 6.45) is 4.52. The predicted octanol–water partition coefficient (Wildman–Crippen LogP) is 2.30. The number of rotatable bonds is 6. The summed E-state index contributed by atoms with van der Waals surface area (Å²) in [5.74, 6) is 1.51. The summed E-state index contributed by atoms with van der Waals surface area (Å²) < 4.78 is 5.11. The van der Waals surface area contributed by atoms with Crippen molar-refractivity contribution in [3.63, 3.8) is 0 Å². The van der Waals surface area contributed by atoms with E-state index in [0.717, 1.165) is 12.5 Å². The van der Waals surface area contributed by atoms with Gasteiger partial charge >= 0.3 is 0 Å². The number of ether oxygens (including phenoxy) is 1. The molecule has 1 aromatic rings. The Balaban J connectivity index is 1.93. The van der Waals surface area contributed by atoms with E-state index in [1.54, 1.807) is 7.11 Å². The Kier molecular flexibility index (Phi) is 5.80. The number of piperidine rings is 1. The molecular weight excluding hydrogens is 250 g/mol. The van der Waals surface area contributed by atoms with Gasteiger partial charge in [0.1, 0.15) is 0 Å². The van der Waals surface area contributed by atoms with Crippen LogP contribution in [0.4, 0.5) is 0 Å². The molecule has 1 fully saturated rings. The smallest absolute Gasteiger partial charge is 0.212 e. The Hall–Kier alpha value is -1.13. The fourth-order valence-electron chi connectivity index (χ4n) is 2.71. The van der Waals surface area contributed by atoms with Crippen LogP contribution < -0.4 is 10.1 Å². The maximum absolute atomic E-state index is 5.11. The average molecular weight is 277 g/mol. The summed E-state index contributed by atoms with van der Waals surface area (Å²) in [5.41, 5.74) is 1.26. The Morgan fingerprint density at radius 2 is 2.10 bits per heavy atom. The first kappa shape index (κ1) is 15.3. The molecule has 0 aliphatic carbocycles. The molecule has 0 bridgehead atoms. The summed E-state index contributed by atoms with van der Waals surface area (Å²) in [6, 6.07) is 4.62. The second kappa shape index (κ2) is 7.60. The normalized spacial score (nSPS) is 16.9. The molecule has 0 atom stereocenters. The topological polar surface area (TPSA) is 37.4 Å². The molecule has 0 spiro atoms. The summed E-state index contributed by atoms with van der Waals surface area (Å²) in [7, 11) is 1.65. The monoisotopic (exact) mass is 277 g/mol. The van der Waals surface area contributed by atoms with Gasteiger partial charge in [-0.2, -0.15) is 0 Å². The van der Waals surface area contributed by atoms with Crippen molar-refractivity contribution >= 4 is 0 Å². The van der Waals surface area contributed by atoms with Gasteiger partial charge in [-0.1, -0.05) is 6.07 Å². The number of hydrogen-bond acceptors (Lipinski definition) is 4. The second-order valence-corrected chi connectivity index (χ2v) is 5.93. The lowest BCUT2D eigenvalue weighted by Crippen LogP contribution is -2.39.